The highest BCUT2D eigenvalue weighted by atomic mass is 32.1. The summed E-state index contributed by atoms with van der Waals surface area (Å²) in [4.78, 5) is 21.5. The lowest BCUT2D eigenvalue weighted by Gasteiger charge is -2.05. The summed E-state index contributed by atoms with van der Waals surface area (Å²) < 4.78 is 7.05. The van der Waals surface area contributed by atoms with Crippen LogP contribution in [0.1, 0.15) is 43.2 Å². The predicted octanol–water partition coefficient (Wildman–Crippen LogP) is 7.62. The van der Waals surface area contributed by atoms with E-state index in [4.69, 9.17) is 9.40 Å². The number of thiazole rings is 1. The van der Waals surface area contributed by atoms with Crippen molar-refractivity contribution < 1.29 is 9.21 Å². The molecule has 0 atom stereocenters. The van der Waals surface area contributed by atoms with Crippen LogP contribution in [0.25, 0.3) is 32.1 Å². The van der Waals surface area contributed by atoms with Gasteiger partial charge in [-0.1, -0.05) is 44.2 Å². The van der Waals surface area contributed by atoms with Crippen LogP contribution in [-0.4, -0.2) is 15.9 Å². The third-order valence-electron chi connectivity index (χ3n) is 5.94. The molecule has 0 fully saturated rings. The first-order valence-corrected chi connectivity index (χ1v) is 12.6. The molecule has 6 heteroatoms. The number of aryl methyl sites for hydroxylation is 2. The van der Waals surface area contributed by atoms with Gasteiger partial charge < -0.3 is 9.73 Å². The van der Waals surface area contributed by atoms with E-state index in [1.54, 1.807) is 17.5 Å². The van der Waals surface area contributed by atoms with Crippen LogP contribution in [0.3, 0.4) is 0 Å². The van der Waals surface area contributed by atoms with Crippen LogP contribution in [0.5, 0.6) is 0 Å². The number of benzene rings is 3. The van der Waals surface area contributed by atoms with Crippen molar-refractivity contribution in [2.45, 2.75) is 39.5 Å². The average molecular weight is 482 g/mol. The first-order chi connectivity index (χ1) is 16.9. The average Bonchev–Trinajstić information content (AvgIpc) is 3.50. The van der Waals surface area contributed by atoms with E-state index in [1.165, 1.54) is 15.8 Å². The van der Waals surface area contributed by atoms with Gasteiger partial charge in [-0.3, -0.25) is 4.79 Å². The number of carbonyl (C=O) groups is 1. The predicted molar refractivity (Wildman–Crippen MR) is 143 cm³/mol. The minimum atomic E-state index is -0.0748. The zero-order chi connectivity index (χ0) is 24.4. The van der Waals surface area contributed by atoms with Crippen molar-refractivity contribution in [1.82, 2.24) is 9.97 Å². The van der Waals surface area contributed by atoms with E-state index < -0.39 is 0 Å². The Hall–Kier alpha value is -3.77. The molecule has 35 heavy (non-hydrogen) atoms. The maximum Gasteiger partial charge on any atom is 0.224 e. The maximum absolute atomic E-state index is 12.5. The van der Waals surface area contributed by atoms with Gasteiger partial charge in [0.15, 0.2) is 11.7 Å². The Bertz CT molecular complexity index is 1460. The Labute approximate surface area is 208 Å². The number of hydrogen-bond donors (Lipinski definition) is 1. The minimum Gasteiger partial charge on any atom is -0.441 e. The summed E-state index contributed by atoms with van der Waals surface area (Å²) in [5.41, 5.74) is 6.31. The third kappa shape index (κ3) is 5.33. The lowest BCUT2D eigenvalue weighted by molar-refractivity contribution is -0.116. The van der Waals surface area contributed by atoms with E-state index in [9.17, 15) is 4.79 Å². The van der Waals surface area contributed by atoms with E-state index in [-0.39, 0.29) is 5.91 Å². The highest BCUT2D eigenvalue weighted by molar-refractivity contribution is 7.21. The Morgan fingerprint density at radius 1 is 1.00 bits per heavy atom. The van der Waals surface area contributed by atoms with Gasteiger partial charge >= 0.3 is 0 Å². The van der Waals surface area contributed by atoms with E-state index in [0.29, 0.717) is 24.7 Å². The number of fused-ring (bicyclic) bond motifs is 1. The molecule has 0 radical (unpaired) electrons. The minimum absolute atomic E-state index is 0.0748. The molecule has 0 saturated carbocycles. The van der Waals surface area contributed by atoms with Crippen LogP contribution in [-0.2, 0) is 11.2 Å². The Morgan fingerprint density at radius 2 is 1.74 bits per heavy atom. The molecule has 0 aliphatic rings. The van der Waals surface area contributed by atoms with Crippen molar-refractivity contribution >= 4 is 33.1 Å². The Morgan fingerprint density at radius 3 is 2.49 bits per heavy atom. The van der Waals surface area contributed by atoms with Crippen LogP contribution >= 0.6 is 11.3 Å². The molecule has 0 saturated heterocycles. The number of hydrogen-bond acceptors (Lipinski definition) is 5. The van der Waals surface area contributed by atoms with E-state index in [2.05, 4.69) is 61.4 Å². The molecular formula is C29H27N3O2S. The van der Waals surface area contributed by atoms with Gasteiger partial charge in [-0.25, -0.2) is 9.97 Å². The van der Waals surface area contributed by atoms with Crippen molar-refractivity contribution in [2.24, 2.45) is 0 Å². The molecule has 5 nitrogen and oxygen atoms in total. The first-order valence-electron chi connectivity index (χ1n) is 11.8. The molecule has 0 bridgehead atoms. The van der Waals surface area contributed by atoms with Gasteiger partial charge in [-0.15, -0.1) is 11.3 Å². The number of anilines is 1. The summed E-state index contributed by atoms with van der Waals surface area (Å²) >= 11 is 1.68. The Balaban J connectivity index is 1.17. The maximum atomic E-state index is 12.5. The normalized spacial score (nSPS) is 11.3. The number of carbonyl (C=O) groups excluding carboxylic acids is 1. The first kappa shape index (κ1) is 23.0. The molecule has 5 rings (SSSR count). The molecule has 1 N–H and O–H groups in total. The van der Waals surface area contributed by atoms with Crippen molar-refractivity contribution in [3.63, 3.8) is 0 Å². The zero-order valence-corrected chi connectivity index (χ0v) is 20.9. The number of aromatic nitrogens is 2. The molecule has 5 aromatic rings. The number of nitrogens with zero attached hydrogens (tertiary/aromatic N) is 2. The van der Waals surface area contributed by atoms with Crippen molar-refractivity contribution in [3.8, 4) is 21.9 Å². The third-order valence-corrected chi connectivity index (χ3v) is 7.01. The second-order valence-electron chi connectivity index (χ2n) is 9.01. The lowest BCUT2D eigenvalue weighted by atomic mass is 10.0. The Kier molecular flexibility index (Phi) is 6.47. The van der Waals surface area contributed by atoms with Gasteiger partial charge in [0.2, 0.25) is 5.91 Å². The topological polar surface area (TPSA) is 68.0 Å². The lowest BCUT2D eigenvalue weighted by Crippen LogP contribution is -2.12. The molecule has 2 heterocycles. The number of rotatable bonds is 7. The molecule has 176 valence electrons. The molecule has 0 unspecified atom stereocenters. The monoisotopic (exact) mass is 481 g/mol. The number of amides is 1. The van der Waals surface area contributed by atoms with Gasteiger partial charge in [0, 0.05) is 29.7 Å². The SMILES string of the molecule is Cc1ccc2nc(-c3ccc(NC(=O)CCc4ncc(-c5ccc(C(C)C)cc5)o4)cc3)sc2c1. The summed E-state index contributed by atoms with van der Waals surface area (Å²) in [5.74, 6) is 1.69. The van der Waals surface area contributed by atoms with Gasteiger partial charge in [0.1, 0.15) is 5.01 Å². The smallest absolute Gasteiger partial charge is 0.224 e. The molecule has 0 spiro atoms. The second-order valence-corrected chi connectivity index (χ2v) is 10.0. The second kappa shape index (κ2) is 9.84. The van der Waals surface area contributed by atoms with E-state index in [1.807, 2.05) is 36.4 Å². The number of oxazole rings is 1. The van der Waals surface area contributed by atoms with Gasteiger partial charge in [0.25, 0.3) is 0 Å². The van der Waals surface area contributed by atoms with E-state index >= 15 is 0 Å². The molecular weight excluding hydrogens is 454 g/mol. The summed E-state index contributed by atoms with van der Waals surface area (Å²) in [7, 11) is 0. The quantitative estimate of drug-likeness (QED) is 0.260. The van der Waals surface area contributed by atoms with Gasteiger partial charge in [-0.2, -0.15) is 0 Å². The zero-order valence-electron chi connectivity index (χ0n) is 20.0. The van der Waals surface area contributed by atoms with Crippen molar-refractivity contribution in [2.75, 3.05) is 5.32 Å². The van der Waals surface area contributed by atoms with Gasteiger partial charge in [-0.05, 0) is 60.4 Å². The standard InChI is InChI=1S/C29H27N3O2S/c1-18(2)20-5-7-21(8-6-20)25-17-30-28(34-25)15-14-27(33)31-23-11-9-22(10-12-23)29-32-24-13-4-19(3)16-26(24)35-29/h4-13,16-18H,14-15H2,1-3H3,(H,31,33). The largest absolute Gasteiger partial charge is 0.441 e. The molecule has 0 aliphatic heterocycles. The van der Waals surface area contributed by atoms with Crippen LogP contribution in [0, 0.1) is 6.92 Å². The van der Waals surface area contributed by atoms with Crippen LogP contribution in [0.4, 0.5) is 5.69 Å². The fourth-order valence-electron chi connectivity index (χ4n) is 3.89. The fraction of sp³-hybridized carbons (Fsp3) is 0.207. The highest BCUT2D eigenvalue weighted by Crippen LogP contribution is 2.31. The molecule has 0 aliphatic carbocycles. The van der Waals surface area contributed by atoms with Crippen molar-refractivity contribution in [3.05, 3.63) is 89.9 Å². The summed E-state index contributed by atoms with van der Waals surface area (Å²) in [6.45, 7) is 6.43. The fourth-order valence-corrected chi connectivity index (χ4v) is 4.96. The van der Waals surface area contributed by atoms with Crippen LogP contribution in [0.2, 0.25) is 0 Å². The number of nitrogens with one attached hydrogen (secondary N) is 1. The molecule has 1 amide bonds. The summed E-state index contributed by atoms with van der Waals surface area (Å²) in [5, 5.41) is 3.93. The van der Waals surface area contributed by atoms with Gasteiger partial charge in [0.05, 0.1) is 16.4 Å². The van der Waals surface area contributed by atoms with E-state index in [0.717, 1.165) is 33.1 Å². The van der Waals surface area contributed by atoms with Crippen LogP contribution < -0.4 is 5.32 Å². The highest BCUT2D eigenvalue weighted by Gasteiger charge is 2.11. The molecule has 3 aromatic carbocycles. The van der Waals surface area contributed by atoms with Crippen molar-refractivity contribution in [1.29, 1.82) is 0 Å². The van der Waals surface area contributed by atoms with Crippen LogP contribution in [0.15, 0.2) is 77.3 Å². The summed E-state index contributed by atoms with van der Waals surface area (Å²) in [6, 6.07) is 22.4. The summed E-state index contributed by atoms with van der Waals surface area (Å²) in [6.07, 6.45) is 2.46. The molecule has 2 aromatic heterocycles.